The minimum Gasteiger partial charge on any atom is -0.366 e. The molecule has 2 aromatic carbocycles. The maximum Gasteiger partial charge on any atom is 0.256 e. The fraction of sp³-hybridized carbons (Fsp3) is 0.136. The van der Waals surface area contributed by atoms with Crippen LogP contribution >= 0.6 is 11.3 Å². The summed E-state index contributed by atoms with van der Waals surface area (Å²) in [6.07, 6.45) is 0.239. The second-order valence-corrected chi connectivity index (χ2v) is 7.61. The van der Waals surface area contributed by atoms with Crippen molar-refractivity contribution in [2.45, 2.75) is 13.3 Å². The number of carbonyl (C=O) groups excluding carboxylic acids is 3. The van der Waals surface area contributed by atoms with Gasteiger partial charge in [-0.2, -0.15) is 0 Å². The minimum absolute atomic E-state index is 0.153. The smallest absolute Gasteiger partial charge is 0.256 e. The van der Waals surface area contributed by atoms with Crippen molar-refractivity contribution in [2.75, 3.05) is 17.2 Å². The molecule has 6 N–H and O–H groups in total. The van der Waals surface area contributed by atoms with Crippen LogP contribution < -0.4 is 22.1 Å². The van der Waals surface area contributed by atoms with Gasteiger partial charge in [-0.1, -0.05) is 23.8 Å². The Morgan fingerprint density at radius 1 is 1.00 bits per heavy atom. The number of primary amides is 1. The van der Waals surface area contributed by atoms with Gasteiger partial charge in [0, 0.05) is 29.8 Å². The monoisotopic (exact) mass is 422 g/mol. The quantitative estimate of drug-likeness (QED) is 0.465. The summed E-state index contributed by atoms with van der Waals surface area (Å²) < 4.78 is 0. The molecule has 0 bridgehead atoms. The van der Waals surface area contributed by atoms with Crippen LogP contribution in [0.4, 0.5) is 10.7 Å². The summed E-state index contributed by atoms with van der Waals surface area (Å²) in [6, 6.07) is 14.3. The van der Waals surface area contributed by atoms with Crippen LogP contribution in [0.15, 0.2) is 53.9 Å². The predicted molar refractivity (Wildman–Crippen MR) is 120 cm³/mol. The van der Waals surface area contributed by atoms with Gasteiger partial charge in [0.25, 0.3) is 11.8 Å². The number of benzene rings is 2. The summed E-state index contributed by atoms with van der Waals surface area (Å²) >= 11 is 1.23. The van der Waals surface area contributed by atoms with Gasteiger partial charge in [-0.25, -0.2) is 0 Å². The molecular weight excluding hydrogens is 400 g/mol. The van der Waals surface area contributed by atoms with E-state index in [2.05, 4.69) is 10.6 Å². The van der Waals surface area contributed by atoms with E-state index in [9.17, 15) is 14.4 Å². The van der Waals surface area contributed by atoms with Crippen molar-refractivity contribution >= 4 is 39.7 Å². The number of carbonyl (C=O) groups is 3. The molecule has 30 heavy (non-hydrogen) atoms. The van der Waals surface area contributed by atoms with Crippen molar-refractivity contribution in [1.29, 1.82) is 0 Å². The number of aryl methyl sites for hydroxylation is 1. The van der Waals surface area contributed by atoms with Gasteiger partial charge >= 0.3 is 0 Å². The molecule has 0 aliphatic heterocycles. The highest BCUT2D eigenvalue weighted by Crippen LogP contribution is 2.30. The first-order valence-corrected chi connectivity index (χ1v) is 10.2. The van der Waals surface area contributed by atoms with Crippen molar-refractivity contribution in [3.63, 3.8) is 0 Å². The molecule has 0 atom stereocenters. The number of nitrogens with two attached hydrogens (primary N) is 2. The second kappa shape index (κ2) is 9.34. The molecule has 0 fully saturated rings. The van der Waals surface area contributed by atoms with Gasteiger partial charge in [0.1, 0.15) is 5.00 Å². The van der Waals surface area contributed by atoms with Gasteiger partial charge in [-0.05, 0) is 48.2 Å². The van der Waals surface area contributed by atoms with Crippen LogP contribution in [0.3, 0.4) is 0 Å². The number of anilines is 2. The van der Waals surface area contributed by atoms with E-state index in [4.69, 9.17) is 11.5 Å². The molecule has 0 spiro atoms. The summed E-state index contributed by atoms with van der Waals surface area (Å²) in [7, 11) is 0. The van der Waals surface area contributed by atoms with E-state index in [0.717, 1.165) is 16.7 Å². The standard InChI is InChI=1S/C22H22N4O3S/c1-13-2-7-18(25-19(27)8-10-23)17(12-13)14-3-5-15(6-4-14)21(29)26-22-16(20(24)28)9-11-30-22/h2-7,9,11-12H,8,10,23H2,1H3,(H2,24,28)(H,25,27)(H,26,29). The van der Waals surface area contributed by atoms with Crippen molar-refractivity contribution in [3.8, 4) is 11.1 Å². The summed E-state index contributed by atoms with van der Waals surface area (Å²) in [6.45, 7) is 2.24. The third kappa shape index (κ3) is 4.91. The lowest BCUT2D eigenvalue weighted by atomic mass is 9.99. The molecule has 154 valence electrons. The number of nitrogens with one attached hydrogen (secondary N) is 2. The first-order chi connectivity index (χ1) is 14.4. The topological polar surface area (TPSA) is 127 Å². The Kier molecular flexibility index (Phi) is 6.61. The van der Waals surface area contributed by atoms with Gasteiger partial charge in [0.15, 0.2) is 0 Å². The van der Waals surface area contributed by atoms with Crippen molar-refractivity contribution < 1.29 is 14.4 Å². The average molecular weight is 423 g/mol. The molecule has 0 aliphatic carbocycles. The Labute approximate surface area is 178 Å². The third-order valence-electron chi connectivity index (χ3n) is 4.44. The molecule has 3 amide bonds. The van der Waals surface area contributed by atoms with Gasteiger partial charge in [-0.15, -0.1) is 11.3 Å². The zero-order valence-electron chi connectivity index (χ0n) is 16.4. The van der Waals surface area contributed by atoms with Crippen LogP contribution in [0.2, 0.25) is 0 Å². The maximum atomic E-state index is 12.5. The van der Waals surface area contributed by atoms with Gasteiger partial charge in [-0.3, -0.25) is 14.4 Å². The third-order valence-corrected chi connectivity index (χ3v) is 5.27. The predicted octanol–water partition coefficient (Wildman–Crippen LogP) is 3.36. The minimum atomic E-state index is -0.592. The van der Waals surface area contributed by atoms with E-state index in [1.165, 1.54) is 11.3 Å². The Balaban J connectivity index is 1.82. The highest BCUT2D eigenvalue weighted by atomic mass is 32.1. The van der Waals surface area contributed by atoms with E-state index < -0.39 is 5.91 Å². The summed E-state index contributed by atoms with van der Waals surface area (Å²) in [4.78, 5) is 35.9. The normalized spacial score (nSPS) is 10.5. The highest BCUT2D eigenvalue weighted by molar-refractivity contribution is 7.14. The SMILES string of the molecule is Cc1ccc(NC(=O)CCN)c(-c2ccc(C(=O)Nc3sccc3C(N)=O)cc2)c1. The molecule has 1 aromatic heterocycles. The molecule has 7 nitrogen and oxygen atoms in total. The molecule has 0 saturated heterocycles. The van der Waals surface area contributed by atoms with Crippen LogP contribution in [0, 0.1) is 6.92 Å². The zero-order chi connectivity index (χ0) is 21.7. The van der Waals surface area contributed by atoms with E-state index in [1.54, 1.807) is 23.6 Å². The van der Waals surface area contributed by atoms with Gasteiger partial charge in [0.2, 0.25) is 5.91 Å². The zero-order valence-corrected chi connectivity index (χ0v) is 17.2. The van der Waals surface area contributed by atoms with Gasteiger partial charge in [0.05, 0.1) is 5.56 Å². The molecule has 0 unspecified atom stereocenters. The van der Waals surface area contributed by atoms with E-state index >= 15 is 0 Å². The molecule has 3 aromatic rings. The Hall–Kier alpha value is -3.49. The number of hydrogen-bond acceptors (Lipinski definition) is 5. The van der Waals surface area contributed by atoms with Gasteiger partial charge < -0.3 is 22.1 Å². The van der Waals surface area contributed by atoms with Crippen molar-refractivity contribution in [1.82, 2.24) is 0 Å². The first kappa shape index (κ1) is 21.2. The Morgan fingerprint density at radius 2 is 1.73 bits per heavy atom. The van der Waals surface area contributed by atoms with Crippen LogP contribution in [-0.4, -0.2) is 24.3 Å². The Morgan fingerprint density at radius 3 is 2.40 bits per heavy atom. The van der Waals surface area contributed by atoms with E-state index in [0.29, 0.717) is 16.3 Å². The van der Waals surface area contributed by atoms with E-state index in [-0.39, 0.29) is 30.3 Å². The molecule has 8 heteroatoms. The molecule has 0 aliphatic rings. The van der Waals surface area contributed by atoms with Crippen LogP contribution in [0.1, 0.15) is 32.7 Å². The van der Waals surface area contributed by atoms with E-state index in [1.807, 2.05) is 37.3 Å². The molecule has 0 radical (unpaired) electrons. The lowest BCUT2D eigenvalue weighted by molar-refractivity contribution is -0.116. The summed E-state index contributed by atoms with van der Waals surface area (Å²) in [5.41, 5.74) is 14.9. The molecular formula is C22H22N4O3S. The second-order valence-electron chi connectivity index (χ2n) is 6.70. The lowest BCUT2D eigenvalue weighted by Crippen LogP contribution is -2.17. The number of thiophene rings is 1. The van der Waals surface area contributed by atoms with Crippen LogP contribution in [0.25, 0.3) is 11.1 Å². The summed E-state index contributed by atoms with van der Waals surface area (Å²) in [5, 5.41) is 7.71. The number of hydrogen-bond donors (Lipinski definition) is 4. The fourth-order valence-corrected chi connectivity index (χ4v) is 3.71. The molecule has 0 saturated carbocycles. The molecule has 3 rings (SSSR count). The van der Waals surface area contributed by atoms with Crippen LogP contribution in [0.5, 0.6) is 0 Å². The summed E-state index contributed by atoms with van der Waals surface area (Å²) in [5.74, 6) is -1.09. The Bertz CT molecular complexity index is 1090. The highest BCUT2D eigenvalue weighted by Gasteiger charge is 2.14. The number of rotatable bonds is 7. The largest absolute Gasteiger partial charge is 0.366 e. The number of amides is 3. The average Bonchev–Trinajstić information content (AvgIpc) is 3.18. The van der Waals surface area contributed by atoms with Crippen LogP contribution in [-0.2, 0) is 4.79 Å². The maximum absolute atomic E-state index is 12.5. The first-order valence-electron chi connectivity index (χ1n) is 9.28. The lowest BCUT2D eigenvalue weighted by Gasteiger charge is -2.13. The fourth-order valence-electron chi connectivity index (χ4n) is 2.93. The van der Waals surface area contributed by atoms with Crippen molar-refractivity contribution in [2.24, 2.45) is 11.5 Å². The molecule has 1 heterocycles. The van der Waals surface area contributed by atoms with Crippen molar-refractivity contribution in [3.05, 3.63) is 70.6 Å².